The van der Waals surface area contributed by atoms with Crippen molar-refractivity contribution in [2.75, 3.05) is 5.32 Å². The standard InChI is InChI=1S/C13H10BrNO3S/c1-7-5-19-6-10(7)12(16)15-11-3-2-8(14)4-9(11)13(17)18/h2-6H,1H3,(H,15,16)(H,17,18). The molecule has 0 aliphatic rings. The van der Waals surface area contributed by atoms with E-state index in [1.807, 2.05) is 12.3 Å². The summed E-state index contributed by atoms with van der Waals surface area (Å²) in [7, 11) is 0. The number of carbonyl (C=O) groups is 2. The number of hydrogen-bond acceptors (Lipinski definition) is 3. The third kappa shape index (κ3) is 3.02. The van der Waals surface area contributed by atoms with E-state index in [0.717, 1.165) is 5.56 Å². The van der Waals surface area contributed by atoms with Crippen molar-refractivity contribution in [3.8, 4) is 0 Å². The van der Waals surface area contributed by atoms with Gasteiger partial charge >= 0.3 is 5.97 Å². The van der Waals surface area contributed by atoms with Crippen LogP contribution in [-0.4, -0.2) is 17.0 Å². The van der Waals surface area contributed by atoms with Crippen LogP contribution in [0.25, 0.3) is 0 Å². The SMILES string of the molecule is Cc1cscc1C(=O)Nc1ccc(Br)cc1C(=O)O. The third-order valence-electron chi connectivity index (χ3n) is 2.56. The molecule has 0 saturated carbocycles. The van der Waals surface area contributed by atoms with Gasteiger partial charge in [-0.05, 0) is 36.1 Å². The van der Waals surface area contributed by atoms with Gasteiger partial charge < -0.3 is 10.4 Å². The summed E-state index contributed by atoms with van der Waals surface area (Å²) in [5, 5.41) is 15.4. The molecule has 0 spiro atoms. The van der Waals surface area contributed by atoms with Crippen molar-refractivity contribution in [1.82, 2.24) is 0 Å². The number of carboxylic acid groups (broad SMARTS) is 1. The maximum atomic E-state index is 12.0. The molecule has 0 aliphatic heterocycles. The fraction of sp³-hybridized carbons (Fsp3) is 0.0769. The Morgan fingerprint density at radius 3 is 2.58 bits per heavy atom. The van der Waals surface area contributed by atoms with Crippen LogP contribution in [0.15, 0.2) is 33.4 Å². The average Bonchev–Trinajstić information content (AvgIpc) is 2.77. The first-order valence-corrected chi connectivity index (χ1v) is 7.09. The van der Waals surface area contributed by atoms with E-state index in [4.69, 9.17) is 5.11 Å². The number of anilines is 1. The van der Waals surface area contributed by atoms with Crippen molar-refractivity contribution in [2.24, 2.45) is 0 Å². The van der Waals surface area contributed by atoms with Gasteiger partial charge in [-0.2, -0.15) is 11.3 Å². The maximum Gasteiger partial charge on any atom is 0.337 e. The summed E-state index contributed by atoms with van der Waals surface area (Å²) >= 11 is 4.64. The Kier molecular flexibility index (Phi) is 4.01. The highest BCUT2D eigenvalue weighted by Gasteiger charge is 2.15. The molecule has 0 fully saturated rings. The summed E-state index contributed by atoms with van der Waals surface area (Å²) in [6.45, 7) is 1.84. The number of aromatic carboxylic acids is 1. The van der Waals surface area contributed by atoms with Crippen LogP contribution in [-0.2, 0) is 0 Å². The Hall–Kier alpha value is -1.66. The zero-order chi connectivity index (χ0) is 14.0. The second-order valence-corrected chi connectivity index (χ2v) is 5.58. The first kappa shape index (κ1) is 13.8. The minimum atomic E-state index is -1.08. The van der Waals surface area contributed by atoms with Gasteiger partial charge in [0.05, 0.1) is 16.8 Å². The molecule has 1 amide bonds. The Morgan fingerprint density at radius 1 is 1.26 bits per heavy atom. The fourth-order valence-corrected chi connectivity index (χ4v) is 2.77. The number of nitrogens with one attached hydrogen (secondary N) is 1. The van der Waals surface area contributed by atoms with Crippen LogP contribution in [0.2, 0.25) is 0 Å². The lowest BCUT2D eigenvalue weighted by Gasteiger charge is -2.08. The molecule has 1 heterocycles. The first-order chi connectivity index (χ1) is 8.99. The smallest absolute Gasteiger partial charge is 0.337 e. The van der Waals surface area contributed by atoms with Crippen molar-refractivity contribution in [3.63, 3.8) is 0 Å². The van der Waals surface area contributed by atoms with Gasteiger partial charge in [-0.1, -0.05) is 15.9 Å². The van der Waals surface area contributed by atoms with Crippen molar-refractivity contribution >= 4 is 44.8 Å². The number of benzene rings is 1. The van der Waals surface area contributed by atoms with E-state index in [2.05, 4.69) is 21.2 Å². The Bertz CT molecular complexity index is 651. The van der Waals surface area contributed by atoms with Crippen LogP contribution >= 0.6 is 27.3 Å². The summed E-state index contributed by atoms with van der Waals surface area (Å²) in [4.78, 5) is 23.2. The minimum absolute atomic E-state index is 0.0515. The van der Waals surface area contributed by atoms with Gasteiger partial charge in [0.15, 0.2) is 0 Å². The van der Waals surface area contributed by atoms with Gasteiger partial charge in [0.25, 0.3) is 5.91 Å². The lowest BCUT2D eigenvalue weighted by molar-refractivity contribution is 0.0698. The molecule has 2 aromatic rings. The fourth-order valence-electron chi connectivity index (χ4n) is 1.59. The number of carbonyl (C=O) groups excluding carboxylic acids is 1. The normalized spacial score (nSPS) is 10.2. The number of rotatable bonds is 3. The Labute approximate surface area is 122 Å². The van der Waals surface area contributed by atoms with E-state index in [9.17, 15) is 9.59 Å². The molecule has 98 valence electrons. The molecule has 0 unspecified atom stereocenters. The van der Waals surface area contributed by atoms with Crippen molar-refractivity contribution in [3.05, 3.63) is 50.1 Å². The van der Waals surface area contributed by atoms with Gasteiger partial charge in [0.2, 0.25) is 0 Å². The maximum absolute atomic E-state index is 12.0. The molecule has 4 nitrogen and oxygen atoms in total. The number of thiophene rings is 1. The van der Waals surface area contributed by atoms with Gasteiger partial charge in [-0.25, -0.2) is 4.79 Å². The summed E-state index contributed by atoms with van der Waals surface area (Å²) < 4.78 is 0.648. The molecule has 1 aromatic heterocycles. The molecule has 0 saturated heterocycles. The quantitative estimate of drug-likeness (QED) is 0.894. The molecular formula is C13H10BrNO3S. The van der Waals surface area contributed by atoms with Crippen LogP contribution in [0.4, 0.5) is 5.69 Å². The van der Waals surface area contributed by atoms with E-state index in [0.29, 0.717) is 10.0 Å². The highest BCUT2D eigenvalue weighted by molar-refractivity contribution is 9.10. The van der Waals surface area contributed by atoms with Gasteiger partial charge in [0.1, 0.15) is 0 Å². The van der Waals surface area contributed by atoms with Gasteiger partial charge in [-0.3, -0.25) is 4.79 Å². The zero-order valence-electron chi connectivity index (χ0n) is 9.94. The number of hydrogen-bond donors (Lipinski definition) is 2. The van der Waals surface area contributed by atoms with Gasteiger partial charge in [0, 0.05) is 9.85 Å². The van der Waals surface area contributed by atoms with Gasteiger partial charge in [-0.15, -0.1) is 0 Å². The average molecular weight is 340 g/mol. The minimum Gasteiger partial charge on any atom is -0.478 e. The Morgan fingerprint density at radius 2 is 2.00 bits per heavy atom. The highest BCUT2D eigenvalue weighted by atomic mass is 79.9. The second-order valence-electron chi connectivity index (χ2n) is 3.92. The van der Waals surface area contributed by atoms with E-state index in [1.165, 1.54) is 17.4 Å². The molecule has 1 aromatic carbocycles. The molecule has 0 atom stereocenters. The second kappa shape index (κ2) is 5.54. The monoisotopic (exact) mass is 339 g/mol. The van der Waals surface area contributed by atoms with E-state index in [-0.39, 0.29) is 17.2 Å². The number of halogens is 1. The van der Waals surface area contributed by atoms with Crippen LogP contribution in [0.5, 0.6) is 0 Å². The Balaban J connectivity index is 2.32. The number of aryl methyl sites for hydroxylation is 1. The van der Waals surface area contributed by atoms with Crippen molar-refractivity contribution in [2.45, 2.75) is 6.92 Å². The molecular weight excluding hydrogens is 330 g/mol. The summed E-state index contributed by atoms with van der Waals surface area (Å²) in [6, 6.07) is 4.70. The zero-order valence-corrected chi connectivity index (χ0v) is 12.3. The summed E-state index contributed by atoms with van der Waals surface area (Å²) in [6.07, 6.45) is 0. The van der Waals surface area contributed by atoms with E-state index in [1.54, 1.807) is 17.5 Å². The molecule has 0 bridgehead atoms. The highest BCUT2D eigenvalue weighted by Crippen LogP contribution is 2.23. The van der Waals surface area contributed by atoms with E-state index >= 15 is 0 Å². The molecule has 2 rings (SSSR count). The van der Waals surface area contributed by atoms with Crippen molar-refractivity contribution in [1.29, 1.82) is 0 Å². The third-order valence-corrected chi connectivity index (χ3v) is 3.92. The van der Waals surface area contributed by atoms with Crippen molar-refractivity contribution < 1.29 is 14.7 Å². The predicted octanol–water partition coefficient (Wildman–Crippen LogP) is 3.77. The molecule has 6 heteroatoms. The summed E-state index contributed by atoms with van der Waals surface area (Å²) in [5.41, 5.74) is 1.77. The topological polar surface area (TPSA) is 66.4 Å². The molecule has 0 radical (unpaired) electrons. The number of amides is 1. The predicted molar refractivity (Wildman–Crippen MR) is 78.1 cm³/mol. The molecule has 2 N–H and O–H groups in total. The molecule has 19 heavy (non-hydrogen) atoms. The van der Waals surface area contributed by atoms with Crippen LogP contribution in [0, 0.1) is 6.92 Å². The van der Waals surface area contributed by atoms with Crippen LogP contribution < -0.4 is 5.32 Å². The van der Waals surface area contributed by atoms with E-state index < -0.39 is 5.97 Å². The lowest BCUT2D eigenvalue weighted by atomic mass is 10.1. The first-order valence-electron chi connectivity index (χ1n) is 5.36. The van der Waals surface area contributed by atoms with Crippen LogP contribution in [0.3, 0.4) is 0 Å². The lowest BCUT2D eigenvalue weighted by Crippen LogP contribution is -2.15. The largest absolute Gasteiger partial charge is 0.478 e. The molecule has 0 aliphatic carbocycles. The number of carboxylic acids is 1. The van der Waals surface area contributed by atoms with Crippen LogP contribution in [0.1, 0.15) is 26.3 Å². The summed E-state index contributed by atoms with van der Waals surface area (Å²) in [5.74, 6) is -1.39.